The molecule has 21 heavy (non-hydrogen) atoms. The summed E-state index contributed by atoms with van der Waals surface area (Å²) in [4.78, 5) is 0. The van der Waals surface area contributed by atoms with Gasteiger partial charge in [0.25, 0.3) is 0 Å². The van der Waals surface area contributed by atoms with Crippen LogP contribution in [0.4, 0.5) is 0 Å². The Morgan fingerprint density at radius 1 is 1.05 bits per heavy atom. The van der Waals surface area contributed by atoms with Crippen molar-refractivity contribution in [3.63, 3.8) is 0 Å². The number of alkyl halides is 1. The SMILES string of the molecule is Cc1cccc([PH]([CH](Cl)[Pd])(C2CCCC2)C2CCCC2)c1. The molecule has 0 nitrogen and oxygen atoms in total. The van der Waals surface area contributed by atoms with Gasteiger partial charge in [0, 0.05) is 0 Å². The van der Waals surface area contributed by atoms with Crippen LogP contribution < -0.4 is 5.30 Å². The van der Waals surface area contributed by atoms with Crippen LogP contribution in [-0.2, 0) is 19.2 Å². The van der Waals surface area contributed by atoms with E-state index < -0.39 is 7.26 Å². The maximum atomic E-state index is 6.94. The second-order valence-corrected chi connectivity index (χ2v) is 14.7. The van der Waals surface area contributed by atoms with E-state index in [9.17, 15) is 0 Å². The third-order valence-corrected chi connectivity index (χ3v) is 15.1. The normalized spacial score (nSPS) is 23.6. The van der Waals surface area contributed by atoms with Crippen LogP contribution in [0.25, 0.3) is 0 Å². The zero-order valence-electron chi connectivity index (χ0n) is 12.9. The summed E-state index contributed by atoms with van der Waals surface area (Å²) in [6.45, 7) is 2.23. The number of hydrogen-bond donors (Lipinski definition) is 0. The Kier molecular flexibility index (Phi) is 5.50. The molecule has 1 aromatic rings. The van der Waals surface area contributed by atoms with Gasteiger partial charge in [-0.15, -0.1) is 0 Å². The van der Waals surface area contributed by atoms with Crippen molar-refractivity contribution < 1.29 is 19.2 Å². The molecule has 3 heteroatoms. The summed E-state index contributed by atoms with van der Waals surface area (Å²) in [5, 5.41) is 1.63. The molecule has 1 unspecified atom stereocenters. The molecule has 0 aromatic heterocycles. The van der Waals surface area contributed by atoms with Gasteiger partial charge in [-0.05, 0) is 0 Å². The molecule has 0 radical (unpaired) electrons. The molecule has 2 fully saturated rings. The Hall–Kier alpha value is 0.602. The van der Waals surface area contributed by atoms with E-state index in [1.807, 2.05) is 0 Å². The molecule has 0 saturated heterocycles. The molecule has 2 aliphatic rings. The van der Waals surface area contributed by atoms with Crippen LogP contribution in [0.15, 0.2) is 24.3 Å². The fourth-order valence-electron chi connectivity index (χ4n) is 4.97. The molecule has 0 N–H and O–H groups in total. The average molecular weight is 416 g/mol. The Bertz CT molecular complexity index is 460. The standard InChI is InChI=1S/C18H27ClP.Pd/c1-15-7-6-12-18(13-15)20(14-19,16-8-2-3-9-16)17-10-4-5-11-17;/h6-7,12-14,16-17,20H,2-5,8-11H2,1H3;. The van der Waals surface area contributed by atoms with Crippen molar-refractivity contribution in [3.05, 3.63) is 29.8 Å². The number of hydrogen-bond acceptors (Lipinski definition) is 0. The molecule has 0 heterocycles. The quantitative estimate of drug-likeness (QED) is 0.354. The van der Waals surface area contributed by atoms with Crippen molar-refractivity contribution in [1.29, 1.82) is 0 Å². The second kappa shape index (κ2) is 7.01. The van der Waals surface area contributed by atoms with E-state index in [0.717, 1.165) is 11.3 Å². The maximum absolute atomic E-state index is 6.94. The summed E-state index contributed by atoms with van der Waals surface area (Å²) in [5.41, 5.74) is 3.17. The fourth-order valence-corrected chi connectivity index (χ4v) is 15.5. The average Bonchev–Trinajstić information content (AvgIpc) is 3.12. The summed E-state index contributed by atoms with van der Waals surface area (Å²) >= 11 is 10.5. The number of aryl methyl sites for hydroxylation is 1. The molecule has 2 aliphatic carbocycles. The van der Waals surface area contributed by atoms with Gasteiger partial charge in [0.1, 0.15) is 0 Å². The van der Waals surface area contributed by atoms with E-state index in [1.165, 1.54) is 56.9 Å². The molecule has 0 aliphatic heterocycles. The summed E-state index contributed by atoms with van der Waals surface area (Å²) in [7, 11) is -1.72. The van der Waals surface area contributed by atoms with Crippen LogP contribution in [0, 0.1) is 6.92 Å². The molecule has 1 atom stereocenters. The van der Waals surface area contributed by atoms with Crippen LogP contribution in [-0.4, -0.2) is 14.9 Å². The Balaban J connectivity index is 2.10. The monoisotopic (exact) mass is 415 g/mol. The Morgan fingerprint density at radius 2 is 1.57 bits per heavy atom. The van der Waals surface area contributed by atoms with Gasteiger partial charge in [-0.2, -0.15) is 0 Å². The second-order valence-electron chi connectivity index (χ2n) is 7.03. The van der Waals surface area contributed by atoms with Crippen molar-refractivity contribution in [2.24, 2.45) is 0 Å². The summed E-state index contributed by atoms with van der Waals surface area (Å²) in [6.07, 6.45) is 11.3. The van der Waals surface area contributed by atoms with Gasteiger partial charge in [0.15, 0.2) is 0 Å². The number of benzene rings is 1. The van der Waals surface area contributed by atoms with Gasteiger partial charge in [-0.1, -0.05) is 0 Å². The van der Waals surface area contributed by atoms with Crippen molar-refractivity contribution in [2.75, 3.05) is 0 Å². The van der Waals surface area contributed by atoms with Crippen molar-refractivity contribution in [2.45, 2.75) is 73.2 Å². The molecule has 1 aromatic carbocycles. The van der Waals surface area contributed by atoms with Gasteiger partial charge in [0.05, 0.1) is 0 Å². The molecule has 0 spiro atoms. The van der Waals surface area contributed by atoms with E-state index in [2.05, 4.69) is 50.4 Å². The Morgan fingerprint density at radius 3 is 2.00 bits per heavy atom. The van der Waals surface area contributed by atoms with Crippen molar-refractivity contribution in [3.8, 4) is 0 Å². The van der Waals surface area contributed by atoms with E-state index in [0.29, 0.717) is 0 Å². The third-order valence-electron chi connectivity index (χ3n) is 5.91. The van der Waals surface area contributed by atoms with Gasteiger partial charge in [-0.25, -0.2) is 0 Å². The van der Waals surface area contributed by atoms with Gasteiger partial charge in [0.2, 0.25) is 0 Å². The van der Waals surface area contributed by atoms with E-state index in [-0.39, 0.29) is 3.59 Å². The molecule has 0 amide bonds. The number of rotatable bonds is 4. The van der Waals surface area contributed by atoms with Gasteiger partial charge >= 0.3 is 146 Å². The van der Waals surface area contributed by atoms with Gasteiger partial charge in [-0.3, -0.25) is 0 Å². The molecule has 2 saturated carbocycles. The number of halogens is 1. The first-order valence-electron chi connectivity index (χ1n) is 8.47. The molecule has 0 bridgehead atoms. The third kappa shape index (κ3) is 3.02. The first kappa shape index (κ1) is 16.5. The first-order valence-corrected chi connectivity index (χ1v) is 12.0. The predicted octanol–water partition coefficient (Wildman–Crippen LogP) is 5.32. The minimum atomic E-state index is -1.72. The van der Waals surface area contributed by atoms with Crippen LogP contribution in [0.3, 0.4) is 0 Å². The van der Waals surface area contributed by atoms with Crippen molar-refractivity contribution >= 4 is 24.2 Å². The van der Waals surface area contributed by atoms with E-state index in [1.54, 1.807) is 5.30 Å². The van der Waals surface area contributed by atoms with E-state index >= 15 is 0 Å². The van der Waals surface area contributed by atoms with Crippen LogP contribution in [0.5, 0.6) is 0 Å². The topological polar surface area (TPSA) is 0 Å². The minimum absolute atomic E-state index is 0.216. The van der Waals surface area contributed by atoms with Crippen LogP contribution in [0.1, 0.15) is 56.9 Å². The summed E-state index contributed by atoms with van der Waals surface area (Å²) in [5.74, 6) is 0. The zero-order valence-corrected chi connectivity index (χ0v) is 16.2. The molecular weight excluding hydrogens is 389 g/mol. The predicted molar refractivity (Wildman–Crippen MR) is 93.3 cm³/mol. The molecular formula is C18H27ClPPd. The van der Waals surface area contributed by atoms with Crippen LogP contribution >= 0.6 is 18.9 Å². The fraction of sp³-hybridized carbons (Fsp3) is 0.667. The Labute approximate surface area is 146 Å². The van der Waals surface area contributed by atoms with Crippen molar-refractivity contribution in [1.82, 2.24) is 0 Å². The zero-order chi connectivity index (χ0) is 14.9. The van der Waals surface area contributed by atoms with Crippen LogP contribution in [0.2, 0.25) is 0 Å². The molecule has 3 rings (SSSR count). The van der Waals surface area contributed by atoms with Gasteiger partial charge < -0.3 is 0 Å². The first-order chi connectivity index (χ1) is 10.2. The molecule has 121 valence electrons. The summed E-state index contributed by atoms with van der Waals surface area (Å²) < 4.78 is 0.216. The summed E-state index contributed by atoms with van der Waals surface area (Å²) in [6, 6.07) is 9.35. The van der Waals surface area contributed by atoms with E-state index in [4.69, 9.17) is 11.6 Å².